The van der Waals surface area contributed by atoms with E-state index in [9.17, 15) is 0 Å². The molecule has 1 unspecified atom stereocenters. The molecule has 1 aromatic carbocycles. The Hall–Kier alpha value is -0.900. The molecule has 0 bridgehead atoms. The number of hydrogen-bond donors (Lipinski definition) is 1. The van der Waals surface area contributed by atoms with Gasteiger partial charge in [0.15, 0.2) is 0 Å². The lowest BCUT2D eigenvalue weighted by Crippen LogP contribution is -2.32. The number of rotatable bonds is 7. The van der Waals surface area contributed by atoms with Gasteiger partial charge in [-0.05, 0) is 32.1 Å². The van der Waals surface area contributed by atoms with Crippen LogP contribution in [0.3, 0.4) is 0 Å². The minimum absolute atomic E-state index is 0.442. The summed E-state index contributed by atoms with van der Waals surface area (Å²) in [6, 6.07) is 9.20. The molecular formula is C14H24N2O. The maximum Gasteiger partial charge on any atom is 0.0615 e. The predicted octanol–water partition coefficient (Wildman–Crippen LogP) is 1.87. The van der Waals surface area contributed by atoms with Crippen molar-refractivity contribution >= 4 is 0 Å². The third-order valence-electron chi connectivity index (χ3n) is 3.00. The van der Waals surface area contributed by atoms with Gasteiger partial charge in [-0.25, -0.2) is 0 Å². The lowest BCUT2D eigenvalue weighted by molar-refractivity contribution is 0.112. The fourth-order valence-corrected chi connectivity index (χ4v) is 1.78. The van der Waals surface area contributed by atoms with Crippen LogP contribution in [0, 0.1) is 0 Å². The highest BCUT2D eigenvalue weighted by Gasteiger charge is 2.08. The second-order valence-corrected chi connectivity index (χ2v) is 4.57. The molecule has 96 valence electrons. The van der Waals surface area contributed by atoms with Gasteiger partial charge < -0.3 is 10.1 Å². The summed E-state index contributed by atoms with van der Waals surface area (Å²) in [5, 5.41) is 3.15. The van der Waals surface area contributed by atoms with E-state index in [4.69, 9.17) is 4.74 Å². The molecule has 0 aliphatic carbocycles. The zero-order chi connectivity index (χ0) is 12.7. The van der Waals surface area contributed by atoms with Crippen molar-refractivity contribution in [2.45, 2.75) is 26.1 Å². The van der Waals surface area contributed by atoms with Crippen LogP contribution in [0.2, 0.25) is 0 Å². The highest BCUT2D eigenvalue weighted by molar-refractivity contribution is 5.22. The highest BCUT2D eigenvalue weighted by Crippen LogP contribution is 2.08. The van der Waals surface area contributed by atoms with Gasteiger partial charge in [-0.3, -0.25) is 4.90 Å². The molecular weight excluding hydrogens is 212 g/mol. The molecule has 0 aliphatic rings. The molecule has 1 N–H and O–H groups in total. The van der Waals surface area contributed by atoms with Gasteiger partial charge in [0.2, 0.25) is 0 Å². The highest BCUT2D eigenvalue weighted by atomic mass is 16.5. The molecule has 0 fully saturated rings. The van der Waals surface area contributed by atoms with Crippen LogP contribution in [0.5, 0.6) is 0 Å². The SMILES string of the molecule is CNCc1ccc(CN(C)C(C)COC)cc1. The molecule has 0 saturated heterocycles. The van der Waals surface area contributed by atoms with Crippen molar-refractivity contribution in [3.63, 3.8) is 0 Å². The largest absolute Gasteiger partial charge is 0.383 e. The molecule has 1 aromatic rings. The number of nitrogens with one attached hydrogen (secondary N) is 1. The monoisotopic (exact) mass is 236 g/mol. The number of benzene rings is 1. The molecule has 0 aromatic heterocycles. The van der Waals surface area contributed by atoms with Crippen LogP contribution in [0.15, 0.2) is 24.3 Å². The summed E-state index contributed by atoms with van der Waals surface area (Å²) >= 11 is 0. The maximum absolute atomic E-state index is 5.16. The van der Waals surface area contributed by atoms with Crippen molar-refractivity contribution in [2.75, 3.05) is 27.8 Å². The van der Waals surface area contributed by atoms with Gasteiger partial charge in [0.05, 0.1) is 6.61 Å². The van der Waals surface area contributed by atoms with E-state index in [-0.39, 0.29) is 0 Å². The van der Waals surface area contributed by atoms with Crippen LogP contribution < -0.4 is 5.32 Å². The number of nitrogens with zero attached hydrogens (tertiary/aromatic N) is 1. The third kappa shape index (κ3) is 4.86. The minimum atomic E-state index is 0.442. The fraction of sp³-hybridized carbons (Fsp3) is 0.571. The Labute approximate surface area is 105 Å². The summed E-state index contributed by atoms with van der Waals surface area (Å²) in [7, 11) is 5.84. The average Bonchev–Trinajstić information content (AvgIpc) is 2.32. The normalized spacial score (nSPS) is 13.0. The van der Waals surface area contributed by atoms with E-state index in [1.807, 2.05) is 7.05 Å². The first-order valence-electron chi connectivity index (χ1n) is 6.09. The van der Waals surface area contributed by atoms with Crippen molar-refractivity contribution in [1.82, 2.24) is 10.2 Å². The number of ether oxygens (including phenoxy) is 1. The first-order chi connectivity index (χ1) is 8.17. The molecule has 0 radical (unpaired) electrons. The van der Waals surface area contributed by atoms with Crippen LogP contribution >= 0.6 is 0 Å². The van der Waals surface area contributed by atoms with Crippen molar-refractivity contribution in [1.29, 1.82) is 0 Å². The predicted molar refractivity (Wildman–Crippen MR) is 72.0 cm³/mol. The molecule has 0 amide bonds. The summed E-state index contributed by atoms with van der Waals surface area (Å²) < 4.78 is 5.16. The molecule has 1 atom stereocenters. The molecule has 0 aliphatic heterocycles. The van der Waals surface area contributed by atoms with E-state index in [0.717, 1.165) is 19.7 Å². The van der Waals surface area contributed by atoms with Crippen LogP contribution in [-0.4, -0.2) is 38.8 Å². The third-order valence-corrected chi connectivity index (χ3v) is 3.00. The standard InChI is InChI=1S/C14H24N2O/c1-12(11-17-4)16(3)10-14-7-5-13(6-8-14)9-15-2/h5-8,12,15H,9-11H2,1-4H3. The summed E-state index contributed by atoms with van der Waals surface area (Å²) in [6.07, 6.45) is 0. The van der Waals surface area contributed by atoms with Crippen molar-refractivity contribution in [3.05, 3.63) is 35.4 Å². The first-order valence-corrected chi connectivity index (χ1v) is 6.09. The number of hydrogen-bond acceptors (Lipinski definition) is 3. The van der Waals surface area contributed by atoms with Gasteiger partial charge in [0.1, 0.15) is 0 Å². The van der Waals surface area contributed by atoms with Crippen LogP contribution in [0.4, 0.5) is 0 Å². The number of likely N-dealkylation sites (N-methyl/N-ethyl adjacent to an activating group) is 1. The molecule has 1 rings (SSSR count). The summed E-state index contributed by atoms with van der Waals surface area (Å²) in [4.78, 5) is 2.30. The summed E-state index contributed by atoms with van der Waals surface area (Å²) in [6.45, 7) is 4.84. The van der Waals surface area contributed by atoms with E-state index < -0.39 is 0 Å². The molecule has 0 saturated carbocycles. The first kappa shape index (κ1) is 14.2. The van der Waals surface area contributed by atoms with E-state index in [1.165, 1.54) is 11.1 Å². The average molecular weight is 236 g/mol. The zero-order valence-electron chi connectivity index (χ0n) is 11.4. The minimum Gasteiger partial charge on any atom is -0.383 e. The van der Waals surface area contributed by atoms with E-state index >= 15 is 0 Å². The number of methoxy groups -OCH3 is 1. The fourth-order valence-electron chi connectivity index (χ4n) is 1.78. The Morgan fingerprint density at radius 1 is 1.24 bits per heavy atom. The molecule has 3 nitrogen and oxygen atoms in total. The lowest BCUT2D eigenvalue weighted by atomic mass is 10.1. The second-order valence-electron chi connectivity index (χ2n) is 4.57. The Morgan fingerprint density at radius 2 is 1.82 bits per heavy atom. The lowest BCUT2D eigenvalue weighted by Gasteiger charge is -2.24. The Kier molecular flexibility index (Phi) is 6.19. The van der Waals surface area contributed by atoms with Gasteiger partial charge in [-0.1, -0.05) is 24.3 Å². The quantitative estimate of drug-likeness (QED) is 0.782. The topological polar surface area (TPSA) is 24.5 Å². The van der Waals surface area contributed by atoms with Crippen molar-refractivity contribution in [2.24, 2.45) is 0 Å². The molecule has 17 heavy (non-hydrogen) atoms. The van der Waals surface area contributed by atoms with E-state index in [2.05, 4.69) is 48.5 Å². The smallest absolute Gasteiger partial charge is 0.0615 e. The van der Waals surface area contributed by atoms with Crippen molar-refractivity contribution < 1.29 is 4.74 Å². The van der Waals surface area contributed by atoms with E-state index in [0.29, 0.717) is 6.04 Å². The van der Waals surface area contributed by atoms with Gasteiger partial charge in [0, 0.05) is 26.2 Å². The van der Waals surface area contributed by atoms with Crippen LogP contribution in [0.25, 0.3) is 0 Å². The van der Waals surface area contributed by atoms with Crippen LogP contribution in [0.1, 0.15) is 18.1 Å². The van der Waals surface area contributed by atoms with Gasteiger partial charge in [-0.15, -0.1) is 0 Å². The second kappa shape index (κ2) is 7.43. The van der Waals surface area contributed by atoms with Gasteiger partial charge >= 0.3 is 0 Å². The summed E-state index contributed by atoms with van der Waals surface area (Å²) in [5.74, 6) is 0. The Morgan fingerprint density at radius 3 is 2.35 bits per heavy atom. The summed E-state index contributed by atoms with van der Waals surface area (Å²) in [5.41, 5.74) is 2.67. The van der Waals surface area contributed by atoms with E-state index in [1.54, 1.807) is 7.11 Å². The molecule has 0 spiro atoms. The molecule has 0 heterocycles. The Balaban J connectivity index is 2.50. The van der Waals surface area contributed by atoms with Gasteiger partial charge in [0.25, 0.3) is 0 Å². The van der Waals surface area contributed by atoms with Crippen LogP contribution in [-0.2, 0) is 17.8 Å². The zero-order valence-corrected chi connectivity index (χ0v) is 11.4. The molecule has 3 heteroatoms. The maximum atomic E-state index is 5.16. The Bertz CT molecular complexity index is 311. The van der Waals surface area contributed by atoms with Crippen molar-refractivity contribution in [3.8, 4) is 0 Å². The van der Waals surface area contributed by atoms with Gasteiger partial charge in [-0.2, -0.15) is 0 Å².